The second kappa shape index (κ2) is 70.1. The first-order chi connectivity index (χ1) is 39.5. The van der Waals surface area contributed by atoms with Gasteiger partial charge in [-0.3, -0.25) is 9.59 Å². The number of rotatable bonds is 70. The fourth-order valence-electron chi connectivity index (χ4n) is 11.9. The van der Waals surface area contributed by atoms with Crippen LogP contribution in [-0.4, -0.2) is 47.4 Å². The molecule has 0 aliphatic heterocycles. The number of aliphatic hydroxyl groups excluding tert-OH is 2. The summed E-state index contributed by atoms with van der Waals surface area (Å²) in [5.41, 5.74) is 0. The van der Waals surface area contributed by atoms with E-state index in [2.05, 4.69) is 19.2 Å². The highest BCUT2D eigenvalue weighted by molar-refractivity contribution is 5.76. The molecule has 0 bridgehead atoms. The number of carbonyl (C=O) groups excluding carboxylic acids is 2. The number of nitrogens with one attached hydrogen (secondary N) is 1. The number of hydrogen-bond acceptors (Lipinski definition) is 5. The Morgan fingerprint density at radius 3 is 0.850 bits per heavy atom. The van der Waals surface area contributed by atoms with Gasteiger partial charge in [0.15, 0.2) is 0 Å². The van der Waals surface area contributed by atoms with E-state index in [1.165, 1.54) is 360 Å². The smallest absolute Gasteiger partial charge is 0.305 e. The van der Waals surface area contributed by atoms with Gasteiger partial charge in [-0.25, -0.2) is 0 Å². The van der Waals surface area contributed by atoms with E-state index in [9.17, 15) is 19.8 Å². The molecule has 1 amide bonds. The lowest BCUT2D eigenvalue weighted by Crippen LogP contribution is -2.45. The van der Waals surface area contributed by atoms with E-state index in [1.54, 1.807) is 6.08 Å². The van der Waals surface area contributed by atoms with Gasteiger partial charge in [-0.15, -0.1) is 0 Å². The van der Waals surface area contributed by atoms with Crippen molar-refractivity contribution in [1.29, 1.82) is 0 Å². The molecule has 0 aliphatic carbocycles. The van der Waals surface area contributed by atoms with Gasteiger partial charge in [0, 0.05) is 12.8 Å². The SMILES string of the molecule is CCCCCCCCCCCCCCCCCCCCCCCC/C=C/C(O)C(CO)NC(=O)CCCCCCCCCCCCCCCCCCCCCCCCOC(=O)CCCCCCCCCCCCCCCCCCC. The molecule has 3 N–H and O–H groups in total. The number of amides is 1. The number of unbranched alkanes of at least 4 members (excludes halogenated alkanes) is 59. The summed E-state index contributed by atoms with van der Waals surface area (Å²) in [7, 11) is 0. The van der Waals surface area contributed by atoms with Crippen LogP contribution in [0.2, 0.25) is 0 Å². The van der Waals surface area contributed by atoms with Gasteiger partial charge in [-0.1, -0.05) is 392 Å². The summed E-state index contributed by atoms with van der Waals surface area (Å²) in [6.45, 7) is 4.96. The van der Waals surface area contributed by atoms with Crippen LogP contribution >= 0.6 is 0 Å². The van der Waals surface area contributed by atoms with Gasteiger partial charge in [-0.2, -0.15) is 0 Å². The average molecular weight is 1130 g/mol. The molecular formula is C74H145NO5. The standard InChI is InChI=1S/C74H145NO5/c1-3-5-7-9-11-13-15-17-19-21-22-23-24-25-28-31-35-38-42-46-50-54-58-62-66-72(77)71(70-76)75-73(78)67-63-59-55-51-47-43-39-36-32-29-26-27-30-33-37-41-45-49-53-57-61-65-69-80-74(79)68-64-60-56-52-48-44-40-34-20-18-16-14-12-10-8-6-4-2/h62,66,71-72,76-77H,3-61,63-65,67-70H2,1-2H3,(H,75,78)/b66-62+. The molecule has 0 fully saturated rings. The van der Waals surface area contributed by atoms with Crippen LogP contribution in [-0.2, 0) is 14.3 Å². The Morgan fingerprint density at radius 2 is 0.575 bits per heavy atom. The van der Waals surface area contributed by atoms with Crippen LogP contribution < -0.4 is 5.32 Å². The maximum Gasteiger partial charge on any atom is 0.305 e. The first kappa shape index (κ1) is 78.6. The highest BCUT2D eigenvalue weighted by Gasteiger charge is 2.18. The van der Waals surface area contributed by atoms with E-state index in [4.69, 9.17) is 4.74 Å². The molecule has 476 valence electrons. The first-order valence-electron chi connectivity index (χ1n) is 37.0. The predicted octanol–water partition coefficient (Wildman–Crippen LogP) is 23.9. The van der Waals surface area contributed by atoms with Crippen LogP contribution in [0.3, 0.4) is 0 Å². The van der Waals surface area contributed by atoms with Crippen molar-refractivity contribution in [2.45, 2.75) is 437 Å². The number of aliphatic hydroxyl groups is 2. The van der Waals surface area contributed by atoms with Crippen molar-refractivity contribution >= 4 is 11.9 Å². The number of allylic oxidation sites excluding steroid dienone is 1. The normalized spacial score (nSPS) is 12.5. The Labute approximate surface area is 501 Å². The number of hydrogen-bond donors (Lipinski definition) is 3. The summed E-state index contributed by atoms with van der Waals surface area (Å²) >= 11 is 0. The number of carbonyl (C=O) groups is 2. The summed E-state index contributed by atoms with van der Waals surface area (Å²) in [4.78, 5) is 24.6. The molecule has 0 heterocycles. The summed E-state index contributed by atoms with van der Waals surface area (Å²) in [6.07, 6.45) is 87.3. The van der Waals surface area contributed by atoms with Gasteiger partial charge in [0.05, 0.1) is 25.4 Å². The second-order valence-electron chi connectivity index (χ2n) is 25.6. The molecule has 0 aliphatic rings. The Morgan fingerprint density at radius 1 is 0.338 bits per heavy atom. The third-order valence-electron chi connectivity index (χ3n) is 17.6. The molecule has 0 radical (unpaired) electrons. The largest absolute Gasteiger partial charge is 0.466 e. The van der Waals surface area contributed by atoms with Crippen molar-refractivity contribution in [3.8, 4) is 0 Å². The second-order valence-corrected chi connectivity index (χ2v) is 25.6. The molecule has 0 aromatic heterocycles. The van der Waals surface area contributed by atoms with Crippen LogP contribution in [0, 0.1) is 0 Å². The fraction of sp³-hybridized carbons (Fsp3) is 0.946. The molecule has 6 nitrogen and oxygen atoms in total. The van der Waals surface area contributed by atoms with E-state index < -0.39 is 12.1 Å². The Kier molecular flexibility index (Phi) is 68.9. The Bertz CT molecular complexity index is 1210. The van der Waals surface area contributed by atoms with Gasteiger partial charge >= 0.3 is 5.97 Å². The van der Waals surface area contributed by atoms with Gasteiger partial charge in [0.1, 0.15) is 0 Å². The van der Waals surface area contributed by atoms with Crippen LogP contribution in [0.15, 0.2) is 12.2 Å². The fourth-order valence-corrected chi connectivity index (χ4v) is 11.9. The molecule has 0 aromatic rings. The average Bonchev–Trinajstić information content (AvgIpc) is 3.46. The van der Waals surface area contributed by atoms with E-state index in [0.717, 1.165) is 38.5 Å². The number of ether oxygens (including phenoxy) is 1. The van der Waals surface area contributed by atoms with Crippen LogP contribution in [0.5, 0.6) is 0 Å². The third kappa shape index (κ3) is 65.7. The minimum atomic E-state index is -0.846. The molecule has 6 heteroatoms. The van der Waals surface area contributed by atoms with Crippen molar-refractivity contribution in [1.82, 2.24) is 5.32 Å². The maximum absolute atomic E-state index is 12.5. The summed E-state index contributed by atoms with van der Waals surface area (Å²) in [6, 6.07) is -0.629. The molecule has 0 spiro atoms. The lowest BCUT2D eigenvalue weighted by atomic mass is 10.0. The van der Waals surface area contributed by atoms with Crippen molar-refractivity contribution in [2.75, 3.05) is 13.2 Å². The van der Waals surface area contributed by atoms with Gasteiger partial charge in [0.25, 0.3) is 0 Å². The molecule has 0 aromatic carbocycles. The van der Waals surface area contributed by atoms with E-state index in [-0.39, 0.29) is 18.5 Å². The quantitative estimate of drug-likeness (QED) is 0.0320. The maximum atomic E-state index is 12.5. The molecular weight excluding hydrogens is 983 g/mol. The van der Waals surface area contributed by atoms with Crippen LogP contribution in [0.25, 0.3) is 0 Å². The van der Waals surface area contributed by atoms with Crippen LogP contribution in [0.4, 0.5) is 0 Å². The van der Waals surface area contributed by atoms with Crippen molar-refractivity contribution in [3.63, 3.8) is 0 Å². The Balaban J connectivity index is 3.39. The topological polar surface area (TPSA) is 95.9 Å². The Hall–Kier alpha value is -1.40. The van der Waals surface area contributed by atoms with E-state index in [0.29, 0.717) is 19.4 Å². The zero-order chi connectivity index (χ0) is 57.8. The van der Waals surface area contributed by atoms with Crippen molar-refractivity contribution < 1.29 is 24.5 Å². The zero-order valence-electron chi connectivity index (χ0n) is 54.6. The lowest BCUT2D eigenvalue weighted by molar-refractivity contribution is -0.143. The predicted molar refractivity (Wildman–Crippen MR) is 352 cm³/mol. The van der Waals surface area contributed by atoms with Gasteiger partial charge in [0.2, 0.25) is 5.91 Å². The monoisotopic (exact) mass is 1130 g/mol. The van der Waals surface area contributed by atoms with E-state index >= 15 is 0 Å². The van der Waals surface area contributed by atoms with Crippen molar-refractivity contribution in [3.05, 3.63) is 12.2 Å². The minimum absolute atomic E-state index is 0.0181. The summed E-state index contributed by atoms with van der Waals surface area (Å²) in [5, 5.41) is 23.3. The molecule has 2 unspecified atom stereocenters. The van der Waals surface area contributed by atoms with Crippen molar-refractivity contribution in [2.24, 2.45) is 0 Å². The van der Waals surface area contributed by atoms with Gasteiger partial charge in [-0.05, 0) is 32.1 Å². The summed E-state index contributed by atoms with van der Waals surface area (Å²) in [5.74, 6) is -0.0447. The molecule has 0 saturated heterocycles. The highest BCUT2D eigenvalue weighted by atomic mass is 16.5. The number of esters is 1. The van der Waals surface area contributed by atoms with Gasteiger partial charge < -0.3 is 20.3 Å². The summed E-state index contributed by atoms with van der Waals surface area (Å²) < 4.78 is 5.51. The first-order valence-corrected chi connectivity index (χ1v) is 37.0. The molecule has 0 saturated carbocycles. The third-order valence-corrected chi connectivity index (χ3v) is 17.6. The molecule has 2 atom stereocenters. The minimum Gasteiger partial charge on any atom is -0.466 e. The van der Waals surface area contributed by atoms with E-state index in [1.807, 2.05) is 6.08 Å². The lowest BCUT2D eigenvalue weighted by Gasteiger charge is -2.20. The molecule has 0 rings (SSSR count). The van der Waals surface area contributed by atoms with Crippen LogP contribution in [0.1, 0.15) is 425 Å². The highest BCUT2D eigenvalue weighted by Crippen LogP contribution is 2.20. The zero-order valence-corrected chi connectivity index (χ0v) is 54.6. The molecule has 80 heavy (non-hydrogen) atoms.